The highest BCUT2D eigenvalue weighted by Gasteiger charge is 2.27. The Morgan fingerprint density at radius 1 is 1.22 bits per heavy atom. The predicted octanol–water partition coefficient (Wildman–Crippen LogP) is 2.29. The number of rotatable bonds is 2. The molecule has 18 heavy (non-hydrogen) atoms. The number of hydrogen-bond donors (Lipinski definition) is 1. The van der Waals surface area contributed by atoms with E-state index in [1.54, 1.807) is 0 Å². The quantitative estimate of drug-likeness (QED) is 0.910. The topological polar surface area (TPSA) is 47.9 Å². The summed E-state index contributed by atoms with van der Waals surface area (Å²) in [6.45, 7) is 2.45. The van der Waals surface area contributed by atoms with Crippen LogP contribution in [0.4, 0.5) is 0 Å². The molecule has 0 bridgehead atoms. The van der Waals surface area contributed by atoms with Crippen molar-refractivity contribution < 1.29 is 19.3 Å². The maximum atomic E-state index is 10.3. The lowest BCUT2D eigenvalue weighted by atomic mass is 9.95. The molecule has 2 unspecified atom stereocenters. The van der Waals surface area contributed by atoms with Gasteiger partial charge < -0.3 is 19.3 Å². The van der Waals surface area contributed by atoms with E-state index in [1.807, 2.05) is 12.1 Å². The molecule has 5 heteroatoms. The molecule has 1 aromatic carbocycles. The molecule has 2 aliphatic heterocycles. The first-order valence-electron chi connectivity index (χ1n) is 6.10. The molecular weight excluding hydrogens is 300 g/mol. The number of aliphatic hydroxyl groups is 1. The van der Waals surface area contributed by atoms with E-state index in [4.69, 9.17) is 14.2 Å². The summed E-state index contributed by atoms with van der Waals surface area (Å²) in [6.07, 6.45) is 0.382. The molecule has 1 N–H and O–H groups in total. The van der Waals surface area contributed by atoms with Crippen molar-refractivity contribution in [2.45, 2.75) is 12.5 Å². The highest BCUT2D eigenvalue weighted by atomic mass is 79.9. The van der Waals surface area contributed by atoms with Crippen LogP contribution in [0.3, 0.4) is 0 Å². The zero-order valence-electron chi connectivity index (χ0n) is 9.89. The van der Waals surface area contributed by atoms with Crippen molar-refractivity contribution >= 4 is 15.9 Å². The summed E-state index contributed by atoms with van der Waals surface area (Å²) < 4.78 is 17.2. The molecule has 1 saturated heterocycles. The van der Waals surface area contributed by atoms with E-state index < -0.39 is 6.10 Å². The third kappa shape index (κ3) is 2.22. The fraction of sp³-hybridized carbons (Fsp3) is 0.538. The van der Waals surface area contributed by atoms with E-state index in [0.717, 1.165) is 28.8 Å². The van der Waals surface area contributed by atoms with Crippen LogP contribution in [0.2, 0.25) is 0 Å². The van der Waals surface area contributed by atoms with E-state index >= 15 is 0 Å². The van der Waals surface area contributed by atoms with Gasteiger partial charge in [0.1, 0.15) is 13.2 Å². The van der Waals surface area contributed by atoms with Crippen LogP contribution >= 0.6 is 15.9 Å². The van der Waals surface area contributed by atoms with Gasteiger partial charge in [0.2, 0.25) is 0 Å². The molecule has 1 aromatic rings. The van der Waals surface area contributed by atoms with E-state index in [9.17, 15) is 5.11 Å². The maximum Gasteiger partial charge on any atom is 0.175 e. The normalized spacial score (nSPS) is 24.0. The molecule has 0 aromatic heterocycles. The van der Waals surface area contributed by atoms with Gasteiger partial charge in [-0.1, -0.05) is 0 Å². The third-order valence-electron chi connectivity index (χ3n) is 3.37. The van der Waals surface area contributed by atoms with Gasteiger partial charge in [0.15, 0.2) is 11.5 Å². The lowest BCUT2D eigenvalue weighted by molar-refractivity contribution is 0.0909. The second-order valence-corrected chi connectivity index (χ2v) is 5.45. The highest BCUT2D eigenvalue weighted by Crippen LogP contribution is 2.41. The van der Waals surface area contributed by atoms with E-state index in [2.05, 4.69) is 15.9 Å². The molecule has 2 heterocycles. The summed E-state index contributed by atoms with van der Waals surface area (Å²) in [5.41, 5.74) is 0.849. The van der Waals surface area contributed by atoms with Crippen LogP contribution in [0.5, 0.6) is 11.5 Å². The van der Waals surface area contributed by atoms with Crippen LogP contribution in [0.1, 0.15) is 18.1 Å². The number of ether oxygens (including phenoxy) is 3. The molecule has 1 fully saturated rings. The van der Waals surface area contributed by atoms with Crippen LogP contribution < -0.4 is 9.47 Å². The van der Waals surface area contributed by atoms with Gasteiger partial charge in [-0.25, -0.2) is 0 Å². The Morgan fingerprint density at radius 3 is 2.83 bits per heavy atom. The summed E-state index contributed by atoms with van der Waals surface area (Å²) in [5, 5.41) is 10.3. The summed E-state index contributed by atoms with van der Waals surface area (Å²) in [4.78, 5) is 0. The van der Waals surface area contributed by atoms with Gasteiger partial charge in [0.25, 0.3) is 0 Å². The minimum absolute atomic E-state index is 0.166. The monoisotopic (exact) mass is 314 g/mol. The standard InChI is InChI=1S/C13H15BrO4/c14-10-5-9(12(15)8-1-2-16-7-8)6-11-13(10)18-4-3-17-11/h5-6,8,12,15H,1-4,7H2. The molecule has 4 nitrogen and oxygen atoms in total. The molecule has 98 valence electrons. The predicted molar refractivity (Wildman–Crippen MR) is 69.0 cm³/mol. The van der Waals surface area contributed by atoms with Crippen molar-refractivity contribution in [1.29, 1.82) is 0 Å². The zero-order valence-corrected chi connectivity index (χ0v) is 11.5. The van der Waals surface area contributed by atoms with Gasteiger partial charge in [0, 0.05) is 12.5 Å². The number of hydrogen-bond acceptors (Lipinski definition) is 4. The number of fused-ring (bicyclic) bond motifs is 1. The lowest BCUT2D eigenvalue weighted by Gasteiger charge is -2.23. The Balaban J connectivity index is 1.90. The van der Waals surface area contributed by atoms with Gasteiger partial charge in [-0.05, 0) is 40.0 Å². The fourth-order valence-electron chi connectivity index (χ4n) is 2.38. The molecule has 2 aliphatic rings. The van der Waals surface area contributed by atoms with Crippen LogP contribution in [0.15, 0.2) is 16.6 Å². The van der Waals surface area contributed by atoms with Crippen LogP contribution in [0.25, 0.3) is 0 Å². The average Bonchev–Trinajstić information content (AvgIpc) is 2.91. The molecule has 0 spiro atoms. The van der Waals surface area contributed by atoms with Gasteiger partial charge in [-0.15, -0.1) is 0 Å². The van der Waals surface area contributed by atoms with E-state index in [0.29, 0.717) is 25.6 Å². The molecule has 0 aliphatic carbocycles. The smallest absolute Gasteiger partial charge is 0.175 e. The van der Waals surface area contributed by atoms with Gasteiger partial charge in [-0.2, -0.15) is 0 Å². The summed E-state index contributed by atoms with van der Waals surface area (Å²) in [5.74, 6) is 1.59. The van der Waals surface area contributed by atoms with Crippen LogP contribution in [-0.4, -0.2) is 31.5 Å². The first kappa shape index (κ1) is 12.3. The van der Waals surface area contributed by atoms with Crippen LogP contribution in [-0.2, 0) is 4.74 Å². The van der Waals surface area contributed by atoms with Crippen molar-refractivity contribution in [2.75, 3.05) is 26.4 Å². The first-order valence-corrected chi connectivity index (χ1v) is 6.90. The molecule has 2 atom stereocenters. The Bertz CT molecular complexity index is 443. The van der Waals surface area contributed by atoms with E-state index in [-0.39, 0.29) is 5.92 Å². The van der Waals surface area contributed by atoms with E-state index in [1.165, 1.54) is 0 Å². The number of halogens is 1. The van der Waals surface area contributed by atoms with Gasteiger partial charge in [-0.3, -0.25) is 0 Å². The Hall–Kier alpha value is -0.780. The lowest BCUT2D eigenvalue weighted by Crippen LogP contribution is -2.17. The molecule has 0 radical (unpaired) electrons. The van der Waals surface area contributed by atoms with Crippen molar-refractivity contribution in [2.24, 2.45) is 5.92 Å². The SMILES string of the molecule is OC(c1cc(Br)c2c(c1)OCCO2)C1CCOC1. The first-order chi connectivity index (χ1) is 8.75. The number of benzene rings is 1. The van der Waals surface area contributed by atoms with Gasteiger partial charge in [0.05, 0.1) is 17.2 Å². The van der Waals surface area contributed by atoms with Crippen molar-refractivity contribution in [3.8, 4) is 11.5 Å². The second-order valence-electron chi connectivity index (χ2n) is 4.60. The summed E-state index contributed by atoms with van der Waals surface area (Å²) in [7, 11) is 0. The Kier molecular flexibility index (Phi) is 3.46. The molecule has 0 saturated carbocycles. The Morgan fingerprint density at radius 2 is 2.06 bits per heavy atom. The fourth-order valence-corrected chi connectivity index (χ4v) is 2.95. The second kappa shape index (κ2) is 5.07. The average molecular weight is 315 g/mol. The largest absolute Gasteiger partial charge is 0.486 e. The number of aliphatic hydroxyl groups excluding tert-OH is 1. The minimum Gasteiger partial charge on any atom is -0.486 e. The summed E-state index contributed by atoms with van der Waals surface area (Å²) >= 11 is 3.46. The van der Waals surface area contributed by atoms with Gasteiger partial charge >= 0.3 is 0 Å². The maximum absolute atomic E-state index is 10.3. The minimum atomic E-state index is -0.514. The van der Waals surface area contributed by atoms with Crippen molar-refractivity contribution in [1.82, 2.24) is 0 Å². The molecule has 0 amide bonds. The van der Waals surface area contributed by atoms with Crippen molar-refractivity contribution in [3.05, 3.63) is 22.2 Å². The van der Waals surface area contributed by atoms with Crippen LogP contribution in [0, 0.1) is 5.92 Å². The molecule has 3 rings (SSSR count). The summed E-state index contributed by atoms with van der Waals surface area (Å²) in [6, 6.07) is 3.76. The highest BCUT2D eigenvalue weighted by molar-refractivity contribution is 9.10. The Labute approximate surface area is 114 Å². The third-order valence-corrected chi connectivity index (χ3v) is 3.96. The molecular formula is C13H15BrO4. The van der Waals surface area contributed by atoms with Crippen molar-refractivity contribution in [3.63, 3.8) is 0 Å². The zero-order chi connectivity index (χ0) is 12.5.